The van der Waals surface area contributed by atoms with E-state index in [1.54, 1.807) is 17.3 Å². The number of piperazine rings is 1. The Balaban J connectivity index is 1.60. The van der Waals surface area contributed by atoms with Gasteiger partial charge >= 0.3 is 0 Å². The van der Waals surface area contributed by atoms with Crippen LogP contribution in [0.1, 0.15) is 23.2 Å². The van der Waals surface area contributed by atoms with E-state index < -0.39 is 0 Å². The predicted octanol–water partition coefficient (Wildman–Crippen LogP) is -0.353. The van der Waals surface area contributed by atoms with Crippen LogP contribution in [0.4, 0.5) is 5.95 Å². The molecule has 1 saturated carbocycles. The molecule has 1 saturated heterocycles. The van der Waals surface area contributed by atoms with E-state index in [-0.39, 0.29) is 5.91 Å². The van der Waals surface area contributed by atoms with Crippen LogP contribution in [0.3, 0.4) is 0 Å². The molecule has 1 aromatic heterocycles. The van der Waals surface area contributed by atoms with E-state index >= 15 is 0 Å². The van der Waals surface area contributed by atoms with E-state index in [9.17, 15) is 9.59 Å². The third kappa shape index (κ3) is 2.87. The molecule has 0 atom stereocenters. The summed E-state index contributed by atoms with van der Waals surface area (Å²) in [7, 11) is 0. The highest BCUT2D eigenvalue weighted by Gasteiger charge is 2.24. The van der Waals surface area contributed by atoms with E-state index in [4.69, 9.17) is 0 Å². The summed E-state index contributed by atoms with van der Waals surface area (Å²) in [6.07, 6.45) is 6.11. The van der Waals surface area contributed by atoms with E-state index in [0.29, 0.717) is 43.7 Å². The number of anilines is 1. The summed E-state index contributed by atoms with van der Waals surface area (Å²) in [5.41, 5.74) is 0.493. The first-order chi connectivity index (χ1) is 9.76. The van der Waals surface area contributed by atoms with Crippen molar-refractivity contribution in [3.63, 3.8) is 0 Å². The van der Waals surface area contributed by atoms with Crippen LogP contribution >= 0.6 is 0 Å². The largest absolute Gasteiger partial charge is 0.349 e. The molecule has 106 valence electrons. The van der Waals surface area contributed by atoms with Crippen LogP contribution < -0.4 is 10.2 Å². The quantitative estimate of drug-likeness (QED) is 0.760. The molecule has 0 spiro atoms. The first kappa shape index (κ1) is 12.8. The maximum Gasteiger partial charge on any atom is 0.254 e. The predicted molar refractivity (Wildman–Crippen MR) is 72.4 cm³/mol. The molecule has 3 rings (SSSR count). The van der Waals surface area contributed by atoms with Gasteiger partial charge in [-0.25, -0.2) is 9.97 Å². The van der Waals surface area contributed by atoms with Gasteiger partial charge in [-0.15, -0.1) is 0 Å². The van der Waals surface area contributed by atoms with Gasteiger partial charge in [0.2, 0.25) is 12.4 Å². The molecule has 7 heteroatoms. The number of amides is 2. The molecule has 20 heavy (non-hydrogen) atoms. The Morgan fingerprint density at radius 3 is 2.40 bits per heavy atom. The first-order valence-electron chi connectivity index (χ1n) is 6.83. The number of hydrogen-bond acceptors (Lipinski definition) is 5. The van der Waals surface area contributed by atoms with Gasteiger partial charge in [-0.05, 0) is 12.8 Å². The van der Waals surface area contributed by atoms with Crippen molar-refractivity contribution in [3.05, 3.63) is 18.0 Å². The van der Waals surface area contributed by atoms with E-state index in [0.717, 1.165) is 19.3 Å². The highest BCUT2D eigenvalue weighted by Crippen LogP contribution is 2.19. The van der Waals surface area contributed by atoms with Crippen LogP contribution in [0, 0.1) is 0 Å². The molecule has 1 aliphatic heterocycles. The SMILES string of the molecule is O=CN1CCN(c2ncc(C(=O)NC3CC3)cn2)CC1. The van der Waals surface area contributed by atoms with Crippen molar-refractivity contribution in [3.8, 4) is 0 Å². The van der Waals surface area contributed by atoms with Gasteiger partial charge in [0.15, 0.2) is 0 Å². The molecule has 7 nitrogen and oxygen atoms in total. The summed E-state index contributed by atoms with van der Waals surface area (Å²) in [4.78, 5) is 34.7. The molecule has 0 bridgehead atoms. The number of carbonyl (C=O) groups is 2. The molecule has 2 fully saturated rings. The second-order valence-corrected chi connectivity index (χ2v) is 5.15. The third-order valence-electron chi connectivity index (χ3n) is 3.56. The maximum absolute atomic E-state index is 11.8. The van der Waals surface area contributed by atoms with Crippen LogP contribution in [0.5, 0.6) is 0 Å². The van der Waals surface area contributed by atoms with Crippen molar-refractivity contribution in [2.24, 2.45) is 0 Å². The third-order valence-corrected chi connectivity index (χ3v) is 3.56. The zero-order chi connectivity index (χ0) is 13.9. The number of rotatable bonds is 4. The normalized spacial score (nSPS) is 18.8. The van der Waals surface area contributed by atoms with Gasteiger partial charge in [0.25, 0.3) is 5.91 Å². The van der Waals surface area contributed by atoms with Crippen LogP contribution in [0.2, 0.25) is 0 Å². The molecule has 0 aromatic carbocycles. The molecule has 2 amide bonds. The van der Waals surface area contributed by atoms with Crippen molar-refractivity contribution in [2.45, 2.75) is 18.9 Å². The molecule has 1 aromatic rings. The molecule has 1 N–H and O–H groups in total. The lowest BCUT2D eigenvalue weighted by Crippen LogP contribution is -2.46. The summed E-state index contributed by atoms with van der Waals surface area (Å²) in [5, 5.41) is 2.90. The van der Waals surface area contributed by atoms with Crippen molar-refractivity contribution in [1.82, 2.24) is 20.2 Å². The topological polar surface area (TPSA) is 78.4 Å². The maximum atomic E-state index is 11.8. The molecule has 2 heterocycles. The van der Waals surface area contributed by atoms with Gasteiger partial charge in [0, 0.05) is 44.6 Å². The Labute approximate surface area is 117 Å². The van der Waals surface area contributed by atoms with Crippen LogP contribution in [0.15, 0.2) is 12.4 Å². The Kier molecular flexibility index (Phi) is 3.49. The number of hydrogen-bond donors (Lipinski definition) is 1. The van der Waals surface area contributed by atoms with Crippen molar-refractivity contribution < 1.29 is 9.59 Å². The lowest BCUT2D eigenvalue weighted by molar-refractivity contribution is -0.118. The summed E-state index contributed by atoms with van der Waals surface area (Å²) >= 11 is 0. The number of nitrogens with zero attached hydrogens (tertiary/aromatic N) is 4. The molecular formula is C13H17N5O2. The standard InChI is InChI=1S/C13H17N5O2/c19-9-17-3-5-18(6-4-17)13-14-7-10(8-15-13)12(20)16-11-1-2-11/h7-9,11H,1-6H2,(H,16,20). The van der Waals surface area contributed by atoms with Gasteiger partial charge in [-0.3, -0.25) is 9.59 Å². The second-order valence-electron chi connectivity index (χ2n) is 5.15. The van der Waals surface area contributed by atoms with Gasteiger partial charge in [-0.2, -0.15) is 0 Å². The molecular weight excluding hydrogens is 258 g/mol. The summed E-state index contributed by atoms with van der Waals surface area (Å²) in [6.45, 7) is 2.78. The van der Waals surface area contributed by atoms with E-state index in [2.05, 4.69) is 15.3 Å². The minimum atomic E-state index is -0.107. The molecule has 0 radical (unpaired) electrons. The number of aromatic nitrogens is 2. The highest BCUT2D eigenvalue weighted by atomic mass is 16.2. The van der Waals surface area contributed by atoms with Gasteiger partial charge in [0.1, 0.15) is 0 Å². The zero-order valence-electron chi connectivity index (χ0n) is 11.2. The van der Waals surface area contributed by atoms with Crippen molar-refractivity contribution >= 4 is 18.3 Å². The fourth-order valence-electron chi connectivity index (χ4n) is 2.13. The summed E-state index contributed by atoms with van der Waals surface area (Å²) < 4.78 is 0. The lowest BCUT2D eigenvalue weighted by atomic mass is 10.3. The van der Waals surface area contributed by atoms with E-state index in [1.165, 1.54) is 0 Å². The minimum Gasteiger partial charge on any atom is -0.349 e. The van der Waals surface area contributed by atoms with Crippen LogP contribution in [0.25, 0.3) is 0 Å². The van der Waals surface area contributed by atoms with Gasteiger partial charge in [-0.1, -0.05) is 0 Å². The highest BCUT2D eigenvalue weighted by molar-refractivity contribution is 5.94. The smallest absolute Gasteiger partial charge is 0.254 e. The minimum absolute atomic E-state index is 0.107. The number of nitrogens with one attached hydrogen (secondary N) is 1. The average molecular weight is 275 g/mol. The Bertz CT molecular complexity index is 492. The Morgan fingerprint density at radius 2 is 1.85 bits per heavy atom. The van der Waals surface area contributed by atoms with Crippen LogP contribution in [-0.2, 0) is 4.79 Å². The second kappa shape index (κ2) is 5.44. The molecule has 1 aliphatic carbocycles. The summed E-state index contributed by atoms with van der Waals surface area (Å²) in [6, 6.07) is 0.332. The number of carbonyl (C=O) groups excluding carboxylic acids is 2. The van der Waals surface area contributed by atoms with Gasteiger partial charge < -0.3 is 15.1 Å². The monoisotopic (exact) mass is 275 g/mol. The van der Waals surface area contributed by atoms with Crippen molar-refractivity contribution in [2.75, 3.05) is 31.1 Å². The average Bonchev–Trinajstić information content (AvgIpc) is 3.31. The molecule has 2 aliphatic rings. The molecule has 0 unspecified atom stereocenters. The first-order valence-corrected chi connectivity index (χ1v) is 6.83. The zero-order valence-corrected chi connectivity index (χ0v) is 11.2. The van der Waals surface area contributed by atoms with E-state index in [1.807, 2.05) is 4.90 Å². The Hall–Kier alpha value is -2.18. The van der Waals surface area contributed by atoms with Gasteiger partial charge in [0.05, 0.1) is 5.56 Å². The fraction of sp³-hybridized carbons (Fsp3) is 0.538. The summed E-state index contributed by atoms with van der Waals surface area (Å²) in [5.74, 6) is 0.503. The van der Waals surface area contributed by atoms with Crippen molar-refractivity contribution in [1.29, 1.82) is 0 Å². The fourth-order valence-corrected chi connectivity index (χ4v) is 2.13. The Morgan fingerprint density at radius 1 is 1.20 bits per heavy atom. The lowest BCUT2D eigenvalue weighted by Gasteiger charge is -2.32. The van der Waals surface area contributed by atoms with Crippen LogP contribution in [-0.4, -0.2) is 59.4 Å².